The van der Waals surface area contributed by atoms with E-state index in [1.165, 1.54) is 0 Å². The highest BCUT2D eigenvalue weighted by Crippen LogP contribution is 2.15. The van der Waals surface area contributed by atoms with Gasteiger partial charge in [-0.3, -0.25) is 9.59 Å². The van der Waals surface area contributed by atoms with Crippen LogP contribution in [0.1, 0.15) is 24.1 Å². The largest absolute Gasteiger partial charge is 0.481 e. The molecule has 116 valence electrons. The molecule has 0 amide bonds. The predicted octanol–water partition coefficient (Wildman–Crippen LogP) is 1.73. The fourth-order valence-corrected chi connectivity index (χ4v) is 1.88. The van der Waals surface area contributed by atoms with E-state index in [-0.39, 0.29) is 12.0 Å². The van der Waals surface area contributed by atoms with Crippen LogP contribution in [-0.4, -0.2) is 32.6 Å². The van der Waals surface area contributed by atoms with Crippen molar-refractivity contribution in [1.29, 1.82) is 0 Å². The van der Waals surface area contributed by atoms with Gasteiger partial charge in [0.25, 0.3) is 5.56 Å². The maximum absolute atomic E-state index is 11.8. The molecule has 0 aliphatic carbocycles. The zero-order valence-electron chi connectivity index (χ0n) is 12.5. The molecule has 3 N–H and O–H groups in total. The van der Waals surface area contributed by atoms with Crippen LogP contribution in [0.3, 0.4) is 0 Å². The Morgan fingerprint density at radius 3 is 2.73 bits per heavy atom. The second-order valence-electron chi connectivity index (χ2n) is 4.98. The summed E-state index contributed by atoms with van der Waals surface area (Å²) in [6.07, 6.45) is 2.27. The summed E-state index contributed by atoms with van der Waals surface area (Å²) in [5.41, 5.74) is 1.86. The molecule has 0 atom stereocenters. The molecule has 0 spiro atoms. The van der Waals surface area contributed by atoms with Crippen molar-refractivity contribution in [3.8, 4) is 11.4 Å². The molecule has 22 heavy (non-hydrogen) atoms. The molecule has 0 bridgehead atoms. The molecule has 0 aromatic carbocycles. The number of hydrogen-bond donors (Lipinski definition) is 3. The number of aromatic amines is 1. The van der Waals surface area contributed by atoms with Crippen LogP contribution in [-0.2, 0) is 4.79 Å². The molecule has 0 aliphatic heterocycles. The third-order valence-electron chi connectivity index (χ3n) is 3.31. The lowest BCUT2D eigenvalue weighted by Gasteiger charge is -2.07. The molecule has 0 fully saturated rings. The number of aliphatic carboxylic acids is 1. The SMILES string of the molecule is Cc1nc(-c2ccc(NCCCC(=O)O)nc2)[nH]c(=O)c1C. The summed E-state index contributed by atoms with van der Waals surface area (Å²) in [6, 6.07) is 3.57. The second kappa shape index (κ2) is 6.84. The normalized spacial score (nSPS) is 10.5. The van der Waals surface area contributed by atoms with Gasteiger partial charge in [0.15, 0.2) is 0 Å². The van der Waals surface area contributed by atoms with Crippen LogP contribution in [0.2, 0.25) is 0 Å². The van der Waals surface area contributed by atoms with Crippen molar-refractivity contribution in [1.82, 2.24) is 15.0 Å². The van der Waals surface area contributed by atoms with E-state index in [4.69, 9.17) is 5.11 Å². The third kappa shape index (κ3) is 3.91. The van der Waals surface area contributed by atoms with Crippen LogP contribution in [0, 0.1) is 13.8 Å². The van der Waals surface area contributed by atoms with E-state index in [1.807, 2.05) is 0 Å². The first-order chi connectivity index (χ1) is 10.5. The average Bonchev–Trinajstić information content (AvgIpc) is 2.49. The molecule has 0 aliphatic rings. The Morgan fingerprint density at radius 1 is 1.36 bits per heavy atom. The standard InChI is InChI=1S/C15H18N4O3/c1-9-10(2)18-14(19-15(9)22)11-5-6-12(17-8-11)16-7-3-4-13(20)21/h5-6,8H,3-4,7H2,1-2H3,(H,16,17)(H,20,21)(H,18,19,22). The molecular formula is C15H18N4O3. The number of aryl methyl sites for hydroxylation is 1. The summed E-state index contributed by atoms with van der Waals surface area (Å²) in [5, 5.41) is 11.6. The van der Waals surface area contributed by atoms with Crippen molar-refractivity contribution in [2.45, 2.75) is 26.7 Å². The number of carboxylic acid groups (broad SMARTS) is 1. The highest BCUT2D eigenvalue weighted by molar-refractivity contribution is 5.66. The maximum Gasteiger partial charge on any atom is 0.303 e. The molecule has 2 rings (SSSR count). The molecule has 0 unspecified atom stereocenters. The summed E-state index contributed by atoms with van der Waals surface area (Å²) in [5.74, 6) is 0.327. The van der Waals surface area contributed by atoms with Gasteiger partial charge in [-0.15, -0.1) is 0 Å². The molecule has 2 aromatic heterocycles. The topological polar surface area (TPSA) is 108 Å². The zero-order chi connectivity index (χ0) is 16.1. The van der Waals surface area contributed by atoms with Crippen LogP contribution in [0.15, 0.2) is 23.1 Å². The monoisotopic (exact) mass is 302 g/mol. The number of H-pyrrole nitrogens is 1. The lowest BCUT2D eigenvalue weighted by molar-refractivity contribution is -0.137. The molecule has 2 heterocycles. The molecule has 2 aromatic rings. The summed E-state index contributed by atoms with van der Waals surface area (Å²) in [7, 11) is 0. The molecule has 0 saturated carbocycles. The van der Waals surface area contributed by atoms with Gasteiger partial charge in [0.1, 0.15) is 11.6 Å². The lowest BCUT2D eigenvalue weighted by atomic mass is 10.2. The van der Waals surface area contributed by atoms with Crippen LogP contribution < -0.4 is 10.9 Å². The Bertz CT molecular complexity index is 723. The Kier molecular flexibility index (Phi) is 4.88. The number of hydrogen-bond acceptors (Lipinski definition) is 5. The van der Waals surface area contributed by atoms with Crippen LogP contribution in [0.25, 0.3) is 11.4 Å². The summed E-state index contributed by atoms with van der Waals surface area (Å²) in [6.45, 7) is 4.06. The van der Waals surface area contributed by atoms with Crippen molar-refractivity contribution in [3.05, 3.63) is 39.9 Å². The molecule has 7 heteroatoms. The predicted molar refractivity (Wildman–Crippen MR) is 82.9 cm³/mol. The quantitative estimate of drug-likeness (QED) is 0.701. The Hall–Kier alpha value is -2.70. The molecular weight excluding hydrogens is 284 g/mol. The number of carboxylic acids is 1. The zero-order valence-corrected chi connectivity index (χ0v) is 12.5. The van der Waals surface area contributed by atoms with E-state index in [2.05, 4.69) is 20.3 Å². The van der Waals surface area contributed by atoms with Crippen molar-refractivity contribution in [2.24, 2.45) is 0 Å². The smallest absolute Gasteiger partial charge is 0.303 e. The van der Waals surface area contributed by atoms with E-state index in [1.54, 1.807) is 32.2 Å². The van der Waals surface area contributed by atoms with Gasteiger partial charge in [-0.2, -0.15) is 0 Å². The Balaban J connectivity index is 2.06. The Morgan fingerprint density at radius 2 is 2.14 bits per heavy atom. The third-order valence-corrected chi connectivity index (χ3v) is 3.31. The summed E-state index contributed by atoms with van der Waals surface area (Å²) in [4.78, 5) is 33.5. The van der Waals surface area contributed by atoms with E-state index in [9.17, 15) is 9.59 Å². The van der Waals surface area contributed by atoms with Crippen LogP contribution >= 0.6 is 0 Å². The highest BCUT2D eigenvalue weighted by Gasteiger charge is 2.06. The lowest BCUT2D eigenvalue weighted by Crippen LogP contribution is -2.14. The molecule has 0 saturated heterocycles. The van der Waals surface area contributed by atoms with Gasteiger partial charge in [0, 0.05) is 36.0 Å². The second-order valence-corrected chi connectivity index (χ2v) is 4.98. The average molecular weight is 302 g/mol. The van der Waals surface area contributed by atoms with Gasteiger partial charge in [0.2, 0.25) is 0 Å². The maximum atomic E-state index is 11.8. The minimum Gasteiger partial charge on any atom is -0.481 e. The number of nitrogens with one attached hydrogen (secondary N) is 2. The first-order valence-corrected chi connectivity index (χ1v) is 6.97. The number of pyridine rings is 1. The minimum atomic E-state index is -0.810. The summed E-state index contributed by atoms with van der Waals surface area (Å²) >= 11 is 0. The van der Waals surface area contributed by atoms with Gasteiger partial charge >= 0.3 is 5.97 Å². The van der Waals surface area contributed by atoms with Gasteiger partial charge in [-0.1, -0.05) is 0 Å². The summed E-state index contributed by atoms with van der Waals surface area (Å²) < 4.78 is 0. The fraction of sp³-hybridized carbons (Fsp3) is 0.333. The van der Waals surface area contributed by atoms with Gasteiger partial charge in [-0.05, 0) is 32.4 Å². The minimum absolute atomic E-state index is 0.124. The number of anilines is 1. The van der Waals surface area contributed by atoms with E-state index in [0.717, 1.165) is 5.56 Å². The highest BCUT2D eigenvalue weighted by atomic mass is 16.4. The van der Waals surface area contributed by atoms with E-state index < -0.39 is 5.97 Å². The van der Waals surface area contributed by atoms with Crippen molar-refractivity contribution < 1.29 is 9.90 Å². The molecule has 7 nitrogen and oxygen atoms in total. The van der Waals surface area contributed by atoms with Gasteiger partial charge in [0.05, 0.1) is 0 Å². The van der Waals surface area contributed by atoms with Gasteiger partial charge in [-0.25, -0.2) is 9.97 Å². The number of rotatable bonds is 6. The first-order valence-electron chi connectivity index (χ1n) is 6.97. The van der Waals surface area contributed by atoms with Crippen LogP contribution in [0.4, 0.5) is 5.82 Å². The van der Waals surface area contributed by atoms with Crippen molar-refractivity contribution >= 4 is 11.8 Å². The first kappa shape index (κ1) is 15.7. The number of carbonyl (C=O) groups is 1. The fourth-order valence-electron chi connectivity index (χ4n) is 1.88. The number of aromatic nitrogens is 3. The molecule has 0 radical (unpaired) electrons. The van der Waals surface area contributed by atoms with E-state index in [0.29, 0.717) is 35.9 Å². The van der Waals surface area contributed by atoms with Crippen molar-refractivity contribution in [3.63, 3.8) is 0 Å². The van der Waals surface area contributed by atoms with E-state index >= 15 is 0 Å². The van der Waals surface area contributed by atoms with Crippen LogP contribution in [0.5, 0.6) is 0 Å². The number of nitrogens with zero attached hydrogens (tertiary/aromatic N) is 2. The van der Waals surface area contributed by atoms with Crippen molar-refractivity contribution in [2.75, 3.05) is 11.9 Å². The Labute approximate surface area is 127 Å². The van der Waals surface area contributed by atoms with Gasteiger partial charge < -0.3 is 15.4 Å².